The Hall–Kier alpha value is -1.60. The summed E-state index contributed by atoms with van der Waals surface area (Å²) in [4.78, 5) is 14.3. The van der Waals surface area contributed by atoms with Crippen molar-refractivity contribution in [3.05, 3.63) is 24.3 Å². The van der Waals surface area contributed by atoms with Gasteiger partial charge in [-0.25, -0.2) is 13.1 Å². The summed E-state index contributed by atoms with van der Waals surface area (Å²) in [7, 11) is -3.70. The average Bonchev–Trinajstić information content (AvgIpc) is 2.60. The molecule has 1 atom stereocenters. The van der Waals surface area contributed by atoms with E-state index in [2.05, 4.69) is 11.6 Å². The highest BCUT2D eigenvalue weighted by Gasteiger charge is 2.26. The molecule has 1 fully saturated rings. The number of hydrogen-bond acceptors (Lipinski definition) is 4. The fourth-order valence-electron chi connectivity index (χ4n) is 2.98. The van der Waals surface area contributed by atoms with E-state index in [1.54, 1.807) is 12.1 Å². The molecule has 1 aromatic rings. The van der Waals surface area contributed by atoms with Gasteiger partial charge in [-0.05, 0) is 56.9 Å². The molecule has 1 aliphatic heterocycles. The molecule has 1 amide bonds. The molecule has 1 saturated heterocycles. The first-order valence-corrected chi connectivity index (χ1v) is 9.98. The van der Waals surface area contributed by atoms with Gasteiger partial charge < -0.3 is 9.64 Å². The lowest BCUT2D eigenvalue weighted by Gasteiger charge is -2.35. The van der Waals surface area contributed by atoms with E-state index in [4.69, 9.17) is 4.74 Å². The third-order valence-electron chi connectivity index (χ3n) is 4.28. The maximum atomic E-state index is 12.4. The zero-order chi connectivity index (χ0) is 17.6. The van der Waals surface area contributed by atoms with Gasteiger partial charge in [0.1, 0.15) is 5.75 Å². The lowest BCUT2D eigenvalue weighted by molar-refractivity contribution is -0.133. The summed E-state index contributed by atoms with van der Waals surface area (Å²) in [6.07, 6.45) is 4.00. The van der Waals surface area contributed by atoms with Crippen molar-refractivity contribution in [3.8, 4) is 5.75 Å². The number of hydrogen-bond donors (Lipinski definition) is 1. The standard InChI is InChI=1S/C17H26N2O4S/c1-3-14-7-5-6-12-19(14)17(20)13-18-24(21,22)16-10-8-15(9-11-16)23-4-2/h8-11,14,18H,3-7,12-13H2,1-2H3. The van der Waals surface area contributed by atoms with Crippen LogP contribution in [0.25, 0.3) is 0 Å². The maximum Gasteiger partial charge on any atom is 0.241 e. The van der Waals surface area contributed by atoms with Gasteiger partial charge in [-0.15, -0.1) is 0 Å². The average molecular weight is 354 g/mol. The molecule has 1 aromatic carbocycles. The van der Waals surface area contributed by atoms with Crippen molar-refractivity contribution in [2.24, 2.45) is 0 Å². The number of amides is 1. The molecule has 6 nitrogen and oxygen atoms in total. The molecule has 0 bridgehead atoms. The predicted octanol–water partition coefficient (Wildman–Crippen LogP) is 2.15. The molecule has 24 heavy (non-hydrogen) atoms. The highest BCUT2D eigenvalue weighted by molar-refractivity contribution is 7.89. The van der Waals surface area contributed by atoms with E-state index in [1.807, 2.05) is 11.8 Å². The number of carbonyl (C=O) groups is 1. The van der Waals surface area contributed by atoms with E-state index in [-0.39, 0.29) is 23.4 Å². The number of carbonyl (C=O) groups excluding carboxylic acids is 1. The number of piperidine rings is 1. The monoisotopic (exact) mass is 354 g/mol. The van der Waals surface area contributed by atoms with E-state index >= 15 is 0 Å². The Kier molecular flexibility index (Phi) is 6.62. The first-order valence-electron chi connectivity index (χ1n) is 8.50. The van der Waals surface area contributed by atoms with Crippen LogP contribution in [0.1, 0.15) is 39.5 Å². The molecule has 134 valence electrons. The van der Waals surface area contributed by atoms with Gasteiger partial charge >= 0.3 is 0 Å². The molecule has 0 spiro atoms. The van der Waals surface area contributed by atoms with Crippen LogP contribution >= 0.6 is 0 Å². The smallest absolute Gasteiger partial charge is 0.241 e. The molecule has 1 aliphatic rings. The minimum Gasteiger partial charge on any atom is -0.494 e. The van der Waals surface area contributed by atoms with Gasteiger partial charge in [0.05, 0.1) is 18.0 Å². The second-order valence-electron chi connectivity index (χ2n) is 5.87. The summed E-state index contributed by atoms with van der Waals surface area (Å²) in [5.41, 5.74) is 0. The first kappa shape index (κ1) is 18.7. The van der Waals surface area contributed by atoms with Crippen LogP contribution in [0, 0.1) is 0 Å². The van der Waals surface area contributed by atoms with Crippen LogP contribution in [0.2, 0.25) is 0 Å². The van der Waals surface area contributed by atoms with Gasteiger partial charge in [-0.3, -0.25) is 4.79 Å². The number of ether oxygens (including phenoxy) is 1. The molecule has 1 N–H and O–H groups in total. The second-order valence-corrected chi connectivity index (χ2v) is 7.64. The number of likely N-dealkylation sites (tertiary alicyclic amines) is 1. The molecule has 2 rings (SSSR count). The minimum atomic E-state index is -3.70. The van der Waals surface area contributed by atoms with Crippen molar-refractivity contribution in [3.63, 3.8) is 0 Å². The molecule has 0 saturated carbocycles. The van der Waals surface area contributed by atoms with Crippen molar-refractivity contribution >= 4 is 15.9 Å². The lowest BCUT2D eigenvalue weighted by atomic mass is 10.00. The SMILES string of the molecule is CCOc1ccc(S(=O)(=O)NCC(=O)N2CCCCC2CC)cc1. The Bertz CT molecular complexity index is 643. The molecule has 1 unspecified atom stereocenters. The molecule has 0 aliphatic carbocycles. The van der Waals surface area contributed by atoms with Crippen molar-refractivity contribution in [2.75, 3.05) is 19.7 Å². The fourth-order valence-corrected chi connectivity index (χ4v) is 3.95. The van der Waals surface area contributed by atoms with Gasteiger partial charge in [0.2, 0.25) is 15.9 Å². The molecular weight excluding hydrogens is 328 g/mol. The number of rotatable bonds is 7. The molecular formula is C17H26N2O4S. The maximum absolute atomic E-state index is 12.4. The van der Waals surface area contributed by atoms with Gasteiger partial charge in [-0.2, -0.15) is 0 Å². The molecule has 1 heterocycles. The van der Waals surface area contributed by atoms with Crippen molar-refractivity contribution in [2.45, 2.75) is 50.5 Å². The number of nitrogens with one attached hydrogen (secondary N) is 1. The Morgan fingerprint density at radius 3 is 2.58 bits per heavy atom. The van der Waals surface area contributed by atoms with Crippen LogP contribution in [0.4, 0.5) is 0 Å². The van der Waals surface area contributed by atoms with Crippen molar-refractivity contribution < 1.29 is 17.9 Å². The van der Waals surface area contributed by atoms with Crippen molar-refractivity contribution in [1.82, 2.24) is 9.62 Å². The molecule has 7 heteroatoms. The van der Waals surface area contributed by atoms with Crippen LogP contribution in [0.15, 0.2) is 29.2 Å². The topological polar surface area (TPSA) is 75.7 Å². The summed E-state index contributed by atoms with van der Waals surface area (Å²) in [5, 5.41) is 0. The van der Waals surface area contributed by atoms with Gasteiger partial charge in [0.25, 0.3) is 0 Å². The van der Waals surface area contributed by atoms with Crippen molar-refractivity contribution in [1.29, 1.82) is 0 Å². The number of nitrogens with zero attached hydrogens (tertiary/aromatic N) is 1. The number of benzene rings is 1. The van der Waals surface area contributed by atoms with Gasteiger partial charge in [0.15, 0.2) is 0 Å². The quantitative estimate of drug-likeness (QED) is 0.814. The van der Waals surface area contributed by atoms with Crippen LogP contribution in [-0.4, -0.2) is 45.0 Å². The van der Waals surface area contributed by atoms with Gasteiger partial charge in [0, 0.05) is 12.6 Å². The number of sulfonamides is 1. The summed E-state index contributed by atoms with van der Waals surface area (Å²) in [6.45, 7) is 4.95. The van der Waals surface area contributed by atoms with E-state index < -0.39 is 10.0 Å². The van der Waals surface area contributed by atoms with E-state index in [0.717, 1.165) is 25.7 Å². The Morgan fingerprint density at radius 2 is 1.96 bits per heavy atom. The van der Waals surface area contributed by atoms with E-state index in [0.29, 0.717) is 18.9 Å². The predicted molar refractivity (Wildman–Crippen MR) is 92.4 cm³/mol. The highest BCUT2D eigenvalue weighted by Crippen LogP contribution is 2.20. The Morgan fingerprint density at radius 1 is 1.25 bits per heavy atom. The minimum absolute atomic E-state index is 0.129. The third-order valence-corrected chi connectivity index (χ3v) is 5.69. The zero-order valence-corrected chi connectivity index (χ0v) is 15.1. The molecule has 0 radical (unpaired) electrons. The van der Waals surface area contributed by atoms with Crippen LogP contribution < -0.4 is 9.46 Å². The Balaban J connectivity index is 1.97. The fraction of sp³-hybridized carbons (Fsp3) is 0.588. The van der Waals surface area contributed by atoms with E-state index in [9.17, 15) is 13.2 Å². The zero-order valence-electron chi connectivity index (χ0n) is 14.3. The second kappa shape index (κ2) is 8.48. The summed E-state index contributed by atoms with van der Waals surface area (Å²) < 4.78 is 32.3. The Labute approximate surface area is 144 Å². The summed E-state index contributed by atoms with van der Waals surface area (Å²) in [5.74, 6) is 0.461. The van der Waals surface area contributed by atoms with E-state index in [1.165, 1.54) is 12.1 Å². The van der Waals surface area contributed by atoms with Crippen LogP contribution in [0.5, 0.6) is 5.75 Å². The first-order chi connectivity index (χ1) is 11.5. The highest BCUT2D eigenvalue weighted by atomic mass is 32.2. The largest absolute Gasteiger partial charge is 0.494 e. The summed E-state index contributed by atoms with van der Waals surface area (Å²) >= 11 is 0. The lowest BCUT2D eigenvalue weighted by Crippen LogP contribution is -2.47. The summed E-state index contributed by atoms with van der Waals surface area (Å²) in [6, 6.07) is 6.40. The van der Waals surface area contributed by atoms with Crippen LogP contribution in [0.3, 0.4) is 0 Å². The third kappa shape index (κ3) is 4.70. The molecule has 0 aromatic heterocycles. The van der Waals surface area contributed by atoms with Gasteiger partial charge in [-0.1, -0.05) is 6.92 Å². The normalized spacial score (nSPS) is 18.4. The van der Waals surface area contributed by atoms with Crippen LogP contribution in [-0.2, 0) is 14.8 Å².